The summed E-state index contributed by atoms with van der Waals surface area (Å²) in [4.78, 5) is 26.0. The van der Waals surface area contributed by atoms with Gasteiger partial charge >= 0.3 is 6.03 Å². The van der Waals surface area contributed by atoms with Crippen LogP contribution in [0.1, 0.15) is 18.2 Å². The van der Waals surface area contributed by atoms with E-state index in [1.165, 1.54) is 0 Å². The van der Waals surface area contributed by atoms with Crippen molar-refractivity contribution in [2.45, 2.75) is 26.4 Å². The highest BCUT2D eigenvalue weighted by Gasteiger charge is 2.13. The maximum atomic E-state index is 11.4. The van der Waals surface area contributed by atoms with Gasteiger partial charge in [0.1, 0.15) is 0 Å². The molecule has 1 rings (SSSR count). The van der Waals surface area contributed by atoms with Crippen LogP contribution < -0.4 is 16.4 Å². The van der Waals surface area contributed by atoms with E-state index in [9.17, 15) is 9.59 Å². The SMILES string of the molecule is Cc1cccnc1CNC(C)C(=O)NC(N)=O. The number of aryl methyl sites for hydroxylation is 1. The standard InChI is InChI=1S/C11H16N4O2/c1-7-4-3-5-13-9(7)6-14-8(2)10(16)15-11(12)17/h3-5,8,14H,6H2,1-2H3,(H3,12,15,16,17). The molecule has 1 heterocycles. The lowest BCUT2D eigenvalue weighted by atomic mass is 10.2. The van der Waals surface area contributed by atoms with Crippen LogP contribution in [0.4, 0.5) is 4.79 Å². The first-order valence-corrected chi connectivity index (χ1v) is 5.25. The van der Waals surface area contributed by atoms with Crippen LogP contribution in [0, 0.1) is 6.92 Å². The normalized spacial score (nSPS) is 11.9. The molecule has 6 heteroatoms. The maximum Gasteiger partial charge on any atom is 0.318 e. The number of hydrogen-bond donors (Lipinski definition) is 3. The van der Waals surface area contributed by atoms with Crippen molar-refractivity contribution in [3.63, 3.8) is 0 Å². The van der Waals surface area contributed by atoms with Crippen LogP contribution in [0.2, 0.25) is 0 Å². The van der Waals surface area contributed by atoms with Gasteiger partial charge in [0.15, 0.2) is 0 Å². The Morgan fingerprint density at radius 2 is 2.24 bits per heavy atom. The molecule has 1 unspecified atom stereocenters. The minimum absolute atomic E-state index is 0.453. The van der Waals surface area contributed by atoms with E-state index in [1.54, 1.807) is 13.1 Å². The predicted molar refractivity (Wildman–Crippen MR) is 63.0 cm³/mol. The second-order valence-electron chi connectivity index (χ2n) is 3.72. The maximum absolute atomic E-state index is 11.4. The number of primary amides is 1. The van der Waals surface area contributed by atoms with Gasteiger partial charge < -0.3 is 11.1 Å². The molecule has 0 saturated carbocycles. The van der Waals surface area contributed by atoms with Gasteiger partial charge in [0.05, 0.1) is 11.7 Å². The van der Waals surface area contributed by atoms with Crippen molar-refractivity contribution in [2.75, 3.05) is 0 Å². The van der Waals surface area contributed by atoms with E-state index in [0.29, 0.717) is 6.54 Å². The molecule has 0 saturated heterocycles. The smallest absolute Gasteiger partial charge is 0.318 e. The molecule has 6 nitrogen and oxygen atoms in total. The van der Waals surface area contributed by atoms with Crippen molar-refractivity contribution in [1.29, 1.82) is 0 Å². The summed E-state index contributed by atoms with van der Waals surface area (Å²) in [6.07, 6.45) is 1.69. The lowest BCUT2D eigenvalue weighted by molar-refractivity contribution is -0.121. The van der Waals surface area contributed by atoms with E-state index in [2.05, 4.69) is 10.3 Å². The summed E-state index contributed by atoms with van der Waals surface area (Å²) >= 11 is 0. The third-order valence-electron chi connectivity index (χ3n) is 2.33. The van der Waals surface area contributed by atoms with E-state index in [1.807, 2.05) is 24.4 Å². The molecule has 4 N–H and O–H groups in total. The summed E-state index contributed by atoms with van der Waals surface area (Å²) in [7, 11) is 0. The molecule has 17 heavy (non-hydrogen) atoms. The fourth-order valence-corrected chi connectivity index (χ4v) is 1.28. The highest BCUT2D eigenvalue weighted by Crippen LogP contribution is 2.02. The number of carbonyl (C=O) groups is 2. The van der Waals surface area contributed by atoms with Gasteiger partial charge in [-0.15, -0.1) is 0 Å². The largest absolute Gasteiger partial charge is 0.351 e. The second-order valence-corrected chi connectivity index (χ2v) is 3.72. The molecule has 0 aliphatic rings. The summed E-state index contributed by atoms with van der Waals surface area (Å²) in [6.45, 7) is 4.05. The van der Waals surface area contributed by atoms with E-state index >= 15 is 0 Å². The highest BCUT2D eigenvalue weighted by molar-refractivity contribution is 5.96. The minimum Gasteiger partial charge on any atom is -0.351 e. The third kappa shape index (κ3) is 4.20. The number of aromatic nitrogens is 1. The number of hydrogen-bond acceptors (Lipinski definition) is 4. The molecule has 1 aromatic heterocycles. The number of carbonyl (C=O) groups excluding carboxylic acids is 2. The Morgan fingerprint density at radius 1 is 1.53 bits per heavy atom. The molecule has 0 aromatic carbocycles. The Bertz CT molecular complexity index is 420. The van der Waals surface area contributed by atoms with E-state index in [0.717, 1.165) is 11.3 Å². The number of imide groups is 1. The van der Waals surface area contributed by atoms with Crippen LogP contribution in [0.3, 0.4) is 0 Å². The Morgan fingerprint density at radius 3 is 2.82 bits per heavy atom. The van der Waals surface area contributed by atoms with Gasteiger partial charge in [0.25, 0.3) is 0 Å². The topological polar surface area (TPSA) is 97.1 Å². The van der Waals surface area contributed by atoms with Crippen LogP contribution in [-0.2, 0) is 11.3 Å². The van der Waals surface area contributed by atoms with Crippen LogP contribution >= 0.6 is 0 Å². The molecule has 92 valence electrons. The van der Waals surface area contributed by atoms with Crippen LogP contribution in [-0.4, -0.2) is 23.0 Å². The van der Waals surface area contributed by atoms with Crippen LogP contribution in [0.25, 0.3) is 0 Å². The average molecular weight is 236 g/mol. The molecule has 3 amide bonds. The number of nitrogens with two attached hydrogens (primary N) is 1. The van der Waals surface area contributed by atoms with Crippen molar-refractivity contribution in [1.82, 2.24) is 15.6 Å². The minimum atomic E-state index is -0.849. The predicted octanol–water partition coefficient (Wildman–Crippen LogP) is 0.0630. The second kappa shape index (κ2) is 5.95. The molecule has 0 spiro atoms. The fourth-order valence-electron chi connectivity index (χ4n) is 1.28. The van der Waals surface area contributed by atoms with Crippen LogP contribution in [0.5, 0.6) is 0 Å². The van der Waals surface area contributed by atoms with Gasteiger partial charge in [0.2, 0.25) is 5.91 Å². The Hall–Kier alpha value is -1.95. The zero-order valence-corrected chi connectivity index (χ0v) is 9.86. The molecule has 0 aliphatic carbocycles. The van der Waals surface area contributed by atoms with Crippen molar-refractivity contribution in [3.8, 4) is 0 Å². The Kier molecular flexibility index (Phi) is 4.59. The first-order chi connectivity index (χ1) is 8.00. The van der Waals surface area contributed by atoms with Gasteiger partial charge in [-0.05, 0) is 25.5 Å². The molecule has 1 aromatic rings. The van der Waals surface area contributed by atoms with Gasteiger partial charge in [0, 0.05) is 12.7 Å². The van der Waals surface area contributed by atoms with Crippen molar-refractivity contribution >= 4 is 11.9 Å². The summed E-state index contributed by atoms with van der Waals surface area (Å²) < 4.78 is 0. The number of rotatable bonds is 4. The summed E-state index contributed by atoms with van der Waals surface area (Å²) in [6, 6.07) is 2.43. The highest BCUT2D eigenvalue weighted by atomic mass is 16.2. The summed E-state index contributed by atoms with van der Waals surface area (Å²) in [5, 5.41) is 4.97. The van der Waals surface area contributed by atoms with Crippen LogP contribution in [0.15, 0.2) is 18.3 Å². The first kappa shape index (κ1) is 13.1. The monoisotopic (exact) mass is 236 g/mol. The lowest BCUT2D eigenvalue weighted by Gasteiger charge is -2.12. The van der Waals surface area contributed by atoms with E-state index < -0.39 is 18.0 Å². The molecular formula is C11H16N4O2. The number of pyridine rings is 1. The lowest BCUT2D eigenvalue weighted by Crippen LogP contribution is -2.46. The van der Waals surface area contributed by atoms with Gasteiger partial charge in [-0.2, -0.15) is 0 Å². The summed E-state index contributed by atoms with van der Waals surface area (Å²) in [5.41, 5.74) is 6.76. The van der Waals surface area contributed by atoms with Gasteiger partial charge in [-0.1, -0.05) is 6.07 Å². The molecule has 0 fully saturated rings. The number of nitrogens with one attached hydrogen (secondary N) is 2. The number of urea groups is 1. The Labute approximate surface area is 99.6 Å². The van der Waals surface area contributed by atoms with Gasteiger partial charge in [-0.3, -0.25) is 15.1 Å². The number of nitrogens with zero attached hydrogens (tertiary/aromatic N) is 1. The average Bonchev–Trinajstić information content (AvgIpc) is 2.26. The number of amides is 3. The van der Waals surface area contributed by atoms with Crippen molar-refractivity contribution in [3.05, 3.63) is 29.6 Å². The Balaban J connectivity index is 2.48. The van der Waals surface area contributed by atoms with E-state index in [-0.39, 0.29) is 0 Å². The molecule has 1 atom stereocenters. The quantitative estimate of drug-likeness (QED) is 0.688. The molecular weight excluding hydrogens is 220 g/mol. The van der Waals surface area contributed by atoms with Crippen molar-refractivity contribution in [2.24, 2.45) is 5.73 Å². The van der Waals surface area contributed by atoms with E-state index in [4.69, 9.17) is 5.73 Å². The third-order valence-corrected chi connectivity index (χ3v) is 2.33. The molecule has 0 bridgehead atoms. The fraction of sp³-hybridized carbons (Fsp3) is 0.364. The van der Waals surface area contributed by atoms with Crippen molar-refractivity contribution < 1.29 is 9.59 Å². The zero-order chi connectivity index (χ0) is 12.8. The van der Waals surface area contributed by atoms with Gasteiger partial charge in [-0.25, -0.2) is 4.79 Å². The molecule has 0 radical (unpaired) electrons. The molecule has 0 aliphatic heterocycles. The summed E-state index contributed by atoms with van der Waals surface area (Å²) in [5.74, 6) is -0.453. The first-order valence-electron chi connectivity index (χ1n) is 5.25. The zero-order valence-electron chi connectivity index (χ0n) is 9.86.